The molecule has 0 fully saturated rings. The zero-order chi connectivity index (χ0) is 12.4. The number of nitrogens with one attached hydrogen (secondary N) is 1. The molecule has 2 aromatic rings. The molecule has 17 heavy (non-hydrogen) atoms. The first-order valence-corrected chi connectivity index (χ1v) is 5.56. The van der Waals surface area contributed by atoms with Gasteiger partial charge in [-0.05, 0) is 31.5 Å². The number of rotatable bonds is 2. The Labute approximate surface area is 105 Å². The summed E-state index contributed by atoms with van der Waals surface area (Å²) < 4.78 is 0. The molecule has 3 N–H and O–H groups in total. The molecule has 0 spiro atoms. The predicted octanol–water partition coefficient (Wildman–Crippen LogP) is 3.07. The predicted molar refractivity (Wildman–Crippen MR) is 70.7 cm³/mol. The Hall–Kier alpha value is -1.81. The molecular formula is C12H13ClN4. The second-order valence-corrected chi connectivity index (χ2v) is 4.28. The van der Waals surface area contributed by atoms with E-state index in [2.05, 4.69) is 15.3 Å². The Morgan fingerprint density at radius 2 is 2.00 bits per heavy atom. The highest BCUT2D eigenvalue weighted by molar-refractivity contribution is 6.30. The summed E-state index contributed by atoms with van der Waals surface area (Å²) in [4.78, 5) is 8.07. The van der Waals surface area contributed by atoms with E-state index >= 15 is 0 Å². The zero-order valence-electron chi connectivity index (χ0n) is 9.66. The zero-order valence-corrected chi connectivity index (χ0v) is 10.4. The number of aryl methyl sites for hydroxylation is 2. The molecule has 0 aliphatic rings. The van der Waals surface area contributed by atoms with Gasteiger partial charge in [0.15, 0.2) is 0 Å². The van der Waals surface area contributed by atoms with Gasteiger partial charge in [-0.15, -0.1) is 0 Å². The molecule has 1 aromatic carbocycles. The third-order valence-corrected chi connectivity index (χ3v) is 2.68. The Kier molecular flexibility index (Phi) is 3.15. The topological polar surface area (TPSA) is 63.8 Å². The summed E-state index contributed by atoms with van der Waals surface area (Å²) in [5, 5.41) is 3.89. The molecule has 0 unspecified atom stereocenters. The van der Waals surface area contributed by atoms with Crippen molar-refractivity contribution in [2.45, 2.75) is 13.8 Å². The number of hydrogen-bond acceptors (Lipinski definition) is 4. The monoisotopic (exact) mass is 248 g/mol. The van der Waals surface area contributed by atoms with Crippen LogP contribution in [0.5, 0.6) is 0 Å². The summed E-state index contributed by atoms with van der Waals surface area (Å²) in [6.45, 7) is 3.92. The number of benzene rings is 1. The second kappa shape index (κ2) is 4.59. The van der Waals surface area contributed by atoms with Gasteiger partial charge in [-0.25, -0.2) is 4.98 Å². The molecule has 2 rings (SSSR count). The summed E-state index contributed by atoms with van der Waals surface area (Å²) >= 11 is 5.96. The Morgan fingerprint density at radius 1 is 1.24 bits per heavy atom. The van der Waals surface area contributed by atoms with E-state index < -0.39 is 0 Å². The highest BCUT2D eigenvalue weighted by Crippen LogP contribution is 2.24. The number of hydrogen-bond donors (Lipinski definition) is 2. The minimum Gasteiger partial charge on any atom is -0.368 e. The third-order valence-electron chi connectivity index (χ3n) is 2.44. The molecule has 0 bridgehead atoms. The normalized spacial score (nSPS) is 10.3. The minimum atomic E-state index is 0.248. The summed E-state index contributed by atoms with van der Waals surface area (Å²) in [6.07, 6.45) is 1.69. The molecule has 0 aliphatic carbocycles. The smallest absolute Gasteiger partial charge is 0.221 e. The van der Waals surface area contributed by atoms with Gasteiger partial charge in [0.05, 0.1) is 0 Å². The van der Waals surface area contributed by atoms with Gasteiger partial charge in [-0.2, -0.15) is 4.98 Å². The molecule has 5 heteroatoms. The SMILES string of the molecule is Cc1ccc(Cl)cc1Nc1nc(N)ncc1C. The van der Waals surface area contributed by atoms with Crippen LogP contribution in [0.4, 0.5) is 17.5 Å². The van der Waals surface area contributed by atoms with E-state index in [1.807, 2.05) is 32.0 Å². The van der Waals surface area contributed by atoms with Gasteiger partial charge in [0, 0.05) is 22.5 Å². The molecule has 88 valence electrons. The maximum absolute atomic E-state index is 5.96. The Bertz CT molecular complexity index is 505. The van der Waals surface area contributed by atoms with Crippen LogP contribution in [0.25, 0.3) is 0 Å². The maximum Gasteiger partial charge on any atom is 0.221 e. The highest BCUT2D eigenvalue weighted by Gasteiger charge is 2.05. The number of nitrogens with two attached hydrogens (primary N) is 1. The first-order chi connectivity index (χ1) is 8.06. The van der Waals surface area contributed by atoms with Crippen LogP contribution in [0.3, 0.4) is 0 Å². The minimum absolute atomic E-state index is 0.248. The standard InChI is InChI=1S/C12H13ClN4/c1-7-3-4-9(13)5-10(7)16-11-8(2)6-15-12(14)17-11/h3-6H,1-2H3,(H3,14,15,16,17). The van der Waals surface area contributed by atoms with Gasteiger partial charge >= 0.3 is 0 Å². The Balaban J connectivity index is 2.37. The van der Waals surface area contributed by atoms with E-state index in [0.717, 1.165) is 16.8 Å². The van der Waals surface area contributed by atoms with Crippen LogP contribution in [0.15, 0.2) is 24.4 Å². The summed E-state index contributed by atoms with van der Waals surface area (Å²) in [6, 6.07) is 5.66. The van der Waals surface area contributed by atoms with Crippen LogP contribution < -0.4 is 11.1 Å². The molecule has 0 saturated heterocycles. The lowest BCUT2D eigenvalue weighted by Gasteiger charge is -2.11. The molecular weight excluding hydrogens is 236 g/mol. The van der Waals surface area contributed by atoms with Gasteiger partial charge < -0.3 is 11.1 Å². The average molecular weight is 249 g/mol. The van der Waals surface area contributed by atoms with Crippen LogP contribution in [0.1, 0.15) is 11.1 Å². The molecule has 4 nitrogen and oxygen atoms in total. The van der Waals surface area contributed by atoms with E-state index in [-0.39, 0.29) is 5.95 Å². The summed E-state index contributed by atoms with van der Waals surface area (Å²) in [5.41, 5.74) is 8.49. The second-order valence-electron chi connectivity index (χ2n) is 3.84. The van der Waals surface area contributed by atoms with Crippen LogP contribution in [-0.2, 0) is 0 Å². The third kappa shape index (κ3) is 2.65. The van der Waals surface area contributed by atoms with Gasteiger partial charge in [-0.1, -0.05) is 17.7 Å². The van der Waals surface area contributed by atoms with Crippen molar-refractivity contribution in [3.8, 4) is 0 Å². The van der Waals surface area contributed by atoms with Gasteiger partial charge in [0.25, 0.3) is 0 Å². The summed E-state index contributed by atoms with van der Waals surface area (Å²) in [7, 11) is 0. The Morgan fingerprint density at radius 3 is 2.76 bits per heavy atom. The van der Waals surface area contributed by atoms with Crippen molar-refractivity contribution in [1.29, 1.82) is 0 Å². The van der Waals surface area contributed by atoms with Crippen molar-refractivity contribution < 1.29 is 0 Å². The largest absolute Gasteiger partial charge is 0.368 e. The quantitative estimate of drug-likeness (QED) is 0.857. The molecule has 1 aromatic heterocycles. The molecule has 0 aliphatic heterocycles. The van der Waals surface area contributed by atoms with Gasteiger partial charge in [-0.3, -0.25) is 0 Å². The van der Waals surface area contributed by atoms with Crippen molar-refractivity contribution in [2.75, 3.05) is 11.1 Å². The lowest BCUT2D eigenvalue weighted by molar-refractivity contribution is 1.14. The number of halogens is 1. The average Bonchev–Trinajstić information content (AvgIpc) is 2.28. The molecule has 0 saturated carbocycles. The fraction of sp³-hybridized carbons (Fsp3) is 0.167. The first kappa shape index (κ1) is 11.7. The lowest BCUT2D eigenvalue weighted by atomic mass is 10.2. The van der Waals surface area contributed by atoms with Crippen LogP contribution in [0, 0.1) is 13.8 Å². The van der Waals surface area contributed by atoms with Gasteiger partial charge in [0.1, 0.15) is 5.82 Å². The fourth-order valence-electron chi connectivity index (χ4n) is 1.44. The van der Waals surface area contributed by atoms with Crippen LogP contribution in [-0.4, -0.2) is 9.97 Å². The lowest BCUT2D eigenvalue weighted by Crippen LogP contribution is -2.02. The van der Waals surface area contributed by atoms with Crippen molar-refractivity contribution in [2.24, 2.45) is 0 Å². The van der Waals surface area contributed by atoms with Crippen LogP contribution in [0.2, 0.25) is 5.02 Å². The highest BCUT2D eigenvalue weighted by atomic mass is 35.5. The van der Waals surface area contributed by atoms with Crippen LogP contribution >= 0.6 is 11.6 Å². The first-order valence-electron chi connectivity index (χ1n) is 5.18. The number of nitrogens with zero attached hydrogens (tertiary/aromatic N) is 2. The van der Waals surface area contributed by atoms with Crippen molar-refractivity contribution in [1.82, 2.24) is 9.97 Å². The van der Waals surface area contributed by atoms with Crippen molar-refractivity contribution >= 4 is 29.1 Å². The van der Waals surface area contributed by atoms with E-state index in [0.29, 0.717) is 10.8 Å². The van der Waals surface area contributed by atoms with E-state index in [9.17, 15) is 0 Å². The van der Waals surface area contributed by atoms with Gasteiger partial charge in [0.2, 0.25) is 5.95 Å². The number of aromatic nitrogens is 2. The molecule has 0 atom stereocenters. The van der Waals surface area contributed by atoms with E-state index in [4.69, 9.17) is 17.3 Å². The van der Waals surface area contributed by atoms with E-state index in [1.54, 1.807) is 6.20 Å². The number of anilines is 3. The fourth-order valence-corrected chi connectivity index (χ4v) is 1.61. The van der Waals surface area contributed by atoms with E-state index in [1.165, 1.54) is 0 Å². The van der Waals surface area contributed by atoms with Crippen molar-refractivity contribution in [3.63, 3.8) is 0 Å². The number of nitrogen functional groups attached to an aromatic ring is 1. The molecule has 1 heterocycles. The molecule has 0 amide bonds. The van der Waals surface area contributed by atoms with Crippen molar-refractivity contribution in [3.05, 3.63) is 40.5 Å². The molecule has 0 radical (unpaired) electrons. The summed E-state index contributed by atoms with van der Waals surface area (Å²) in [5.74, 6) is 0.945. The maximum atomic E-state index is 5.96.